The number of carbonyl (C=O) groups is 1. The fourth-order valence-electron chi connectivity index (χ4n) is 5.20. The van der Waals surface area contributed by atoms with Crippen LogP contribution in [0.4, 0.5) is 23.1 Å². The van der Waals surface area contributed by atoms with Gasteiger partial charge in [-0.25, -0.2) is 4.98 Å². The van der Waals surface area contributed by atoms with Crippen molar-refractivity contribution in [3.8, 4) is 0 Å². The highest BCUT2D eigenvalue weighted by Crippen LogP contribution is 2.34. The van der Waals surface area contributed by atoms with Crippen LogP contribution in [0.25, 0.3) is 10.9 Å². The average Bonchev–Trinajstić information content (AvgIpc) is 2.95. The third kappa shape index (κ3) is 6.77. The molecule has 1 aliphatic carbocycles. The zero-order chi connectivity index (χ0) is 28.1. The van der Waals surface area contributed by atoms with Crippen molar-refractivity contribution >= 4 is 63.2 Å². The molecule has 1 heterocycles. The Bertz CT molecular complexity index is 1470. The Hall–Kier alpha value is -3.55. The van der Waals surface area contributed by atoms with E-state index in [1.165, 1.54) is 0 Å². The van der Waals surface area contributed by atoms with E-state index in [2.05, 4.69) is 22.0 Å². The highest BCUT2D eigenvalue weighted by molar-refractivity contribution is 6.39. The van der Waals surface area contributed by atoms with Gasteiger partial charge in [0, 0.05) is 37.8 Å². The fourth-order valence-corrected chi connectivity index (χ4v) is 5.69. The van der Waals surface area contributed by atoms with E-state index < -0.39 is 0 Å². The maximum atomic E-state index is 12.9. The first kappa shape index (κ1) is 28.0. The lowest BCUT2D eigenvalue weighted by Crippen LogP contribution is -2.35. The first-order valence-corrected chi connectivity index (χ1v) is 14.4. The number of benzene rings is 3. The molecule has 1 aliphatic rings. The predicted octanol–water partition coefficient (Wildman–Crippen LogP) is 7.08. The van der Waals surface area contributed by atoms with Gasteiger partial charge in [0.05, 0.1) is 27.7 Å². The first-order chi connectivity index (χ1) is 19.4. The van der Waals surface area contributed by atoms with E-state index in [-0.39, 0.29) is 12.3 Å². The molecule has 0 aliphatic heterocycles. The Morgan fingerprint density at radius 1 is 0.900 bits per heavy atom. The highest BCUT2D eigenvalue weighted by atomic mass is 35.5. The number of rotatable bonds is 9. The summed E-state index contributed by atoms with van der Waals surface area (Å²) in [7, 11) is 4.00. The lowest BCUT2D eigenvalue weighted by molar-refractivity contribution is -0.120. The standard InChI is InChI=1S/C31H34Cl2N6O/c1-39(2)30-23-9-4-6-13-27(23)37-31(38-30)35-22-16-14-20(15-17-22)19-34-28(40)18-21-8-3-5-12-26(21)36-29-24(32)10-7-11-25(29)33/h3-13,20,22,36H,14-19H2,1-2H3,(H,34,40)(H,35,37,38). The summed E-state index contributed by atoms with van der Waals surface area (Å²) in [6, 6.07) is 21.5. The van der Waals surface area contributed by atoms with E-state index in [0.29, 0.717) is 40.2 Å². The normalized spacial score (nSPS) is 16.9. The summed E-state index contributed by atoms with van der Waals surface area (Å²) in [6.45, 7) is 0.675. The van der Waals surface area contributed by atoms with Gasteiger partial charge >= 0.3 is 0 Å². The van der Waals surface area contributed by atoms with Crippen LogP contribution in [-0.2, 0) is 11.2 Å². The number of nitrogens with zero attached hydrogens (tertiary/aromatic N) is 3. The van der Waals surface area contributed by atoms with Crippen molar-refractivity contribution < 1.29 is 4.79 Å². The molecule has 3 aromatic carbocycles. The Morgan fingerprint density at radius 2 is 1.60 bits per heavy atom. The van der Waals surface area contributed by atoms with Crippen molar-refractivity contribution in [1.29, 1.82) is 0 Å². The molecule has 9 heteroatoms. The Kier molecular flexibility index (Phi) is 8.92. The number of para-hydroxylation sites is 3. The molecule has 1 fully saturated rings. The summed E-state index contributed by atoms with van der Waals surface area (Å²) < 4.78 is 0. The molecule has 0 saturated heterocycles. The first-order valence-electron chi connectivity index (χ1n) is 13.6. The maximum absolute atomic E-state index is 12.9. The summed E-state index contributed by atoms with van der Waals surface area (Å²) in [5.41, 5.74) is 3.27. The Labute approximate surface area is 245 Å². The number of hydrogen-bond acceptors (Lipinski definition) is 6. The van der Waals surface area contributed by atoms with Gasteiger partial charge in [-0.1, -0.05) is 59.6 Å². The van der Waals surface area contributed by atoms with E-state index in [0.717, 1.165) is 53.7 Å². The van der Waals surface area contributed by atoms with E-state index in [1.54, 1.807) is 18.2 Å². The van der Waals surface area contributed by atoms with Crippen LogP contribution in [0.3, 0.4) is 0 Å². The lowest BCUT2D eigenvalue weighted by atomic mass is 9.86. The maximum Gasteiger partial charge on any atom is 0.225 e. The second-order valence-corrected chi connectivity index (χ2v) is 11.3. The van der Waals surface area contributed by atoms with Crippen molar-refractivity contribution in [2.24, 2.45) is 5.92 Å². The number of carbonyl (C=O) groups excluding carboxylic acids is 1. The molecule has 208 valence electrons. The van der Waals surface area contributed by atoms with E-state index in [4.69, 9.17) is 33.2 Å². The SMILES string of the molecule is CN(C)c1nc(NC2CCC(CNC(=O)Cc3ccccc3Nc3c(Cl)cccc3Cl)CC2)nc2ccccc12. The molecule has 5 rings (SSSR count). The van der Waals surface area contributed by atoms with Crippen LogP contribution in [0.2, 0.25) is 10.0 Å². The predicted molar refractivity (Wildman–Crippen MR) is 166 cm³/mol. The van der Waals surface area contributed by atoms with E-state index >= 15 is 0 Å². The molecular formula is C31H34Cl2N6O. The number of anilines is 4. The summed E-state index contributed by atoms with van der Waals surface area (Å²) in [5, 5.41) is 12.1. The van der Waals surface area contributed by atoms with Gasteiger partial charge in [-0.05, 0) is 67.5 Å². The van der Waals surface area contributed by atoms with Gasteiger partial charge in [0.15, 0.2) is 0 Å². The topological polar surface area (TPSA) is 82.2 Å². The molecule has 4 aromatic rings. The number of halogens is 2. The number of amides is 1. The van der Waals surface area contributed by atoms with Crippen molar-refractivity contribution in [2.75, 3.05) is 36.2 Å². The van der Waals surface area contributed by atoms with Gasteiger partial charge in [0.1, 0.15) is 5.82 Å². The van der Waals surface area contributed by atoms with Gasteiger partial charge < -0.3 is 20.9 Å². The zero-order valence-corrected chi connectivity index (χ0v) is 24.3. The molecule has 0 radical (unpaired) electrons. The molecule has 7 nitrogen and oxygen atoms in total. The van der Waals surface area contributed by atoms with Gasteiger partial charge in [-0.2, -0.15) is 4.98 Å². The second-order valence-electron chi connectivity index (χ2n) is 10.5. The van der Waals surface area contributed by atoms with Gasteiger partial charge in [-0.15, -0.1) is 0 Å². The van der Waals surface area contributed by atoms with Crippen molar-refractivity contribution in [2.45, 2.75) is 38.1 Å². The monoisotopic (exact) mass is 576 g/mol. The van der Waals surface area contributed by atoms with Crippen LogP contribution in [0.15, 0.2) is 66.7 Å². The zero-order valence-electron chi connectivity index (χ0n) is 22.8. The van der Waals surface area contributed by atoms with Crippen molar-refractivity contribution in [3.05, 3.63) is 82.3 Å². The van der Waals surface area contributed by atoms with Crippen molar-refractivity contribution in [3.63, 3.8) is 0 Å². The fraction of sp³-hybridized carbons (Fsp3) is 0.323. The molecule has 1 saturated carbocycles. The molecule has 3 N–H and O–H groups in total. The van der Waals surface area contributed by atoms with Crippen LogP contribution < -0.4 is 20.9 Å². The molecule has 0 bridgehead atoms. The van der Waals surface area contributed by atoms with Crippen LogP contribution >= 0.6 is 23.2 Å². The Balaban J connectivity index is 1.12. The molecule has 0 atom stereocenters. The third-order valence-corrected chi connectivity index (χ3v) is 8.00. The number of aromatic nitrogens is 2. The molecule has 0 unspecified atom stereocenters. The second kappa shape index (κ2) is 12.7. The van der Waals surface area contributed by atoms with Crippen molar-refractivity contribution in [1.82, 2.24) is 15.3 Å². The minimum Gasteiger partial charge on any atom is -0.362 e. The quantitative estimate of drug-likeness (QED) is 0.197. The molecule has 1 amide bonds. The lowest BCUT2D eigenvalue weighted by Gasteiger charge is -2.29. The average molecular weight is 578 g/mol. The Morgan fingerprint density at radius 3 is 2.35 bits per heavy atom. The van der Waals surface area contributed by atoms with Crippen LogP contribution in [-0.4, -0.2) is 42.6 Å². The number of fused-ring (bicyclic) bond motifs is 1. The van der Waals surface area contributed by atoms with E-state index in [1.807, 2.05) is 61.5 Å². The van der Waals surface area contributed by atoms with Gasteiger partial charge in [0.25, 0.3) is 0 Å². The minimum absolute atomic E-state index is 0.000493. The third-order valence-electron chi connectivity index (χ3n) is 7.37. The van der Waals surface area contributed by atoms with Crippen LogP contribution in [0.5, 0.6) is 0 Å². The highest BCUT2D eigenvalue weighted by Gasteiger charge is 2.23. The summed E-state index contributed by atoms with van der Waals surface area (Å²) in [6.07, 6.45) is 4.37. The summed E-state index contributed by atoms with van der Waals surface area (Å²) in [5.74, 6) is 2.04. The smallest absolute Gasteiger partial charge is 0.225 e. The molecule has 40 heavy (non-hydrogen) atoms. The summed E-state index contributed by atoms with van der Waals surface area (Å²) in [4.78, 5) is 24.4. The molecular weight excluding hydrogens is 543 g/mol. The number of hydrogen-bond donors (Lipinski definition) is 3. The minimum atomic E-state index is 0.000493. The number of nitrogens with one attached hydrogen (secondary N) is 3. The van der Waals surface area contributed by atoms with E-state index in [9.17, 15) is 4.79 Å². The molecule has 0 spiro atoms. The van der Waals surface area contributed by atoms with Crippen LogP contribution in [0, 0.1) is 5.92 Å². The van der Waals surface area contributed by atoms with Gasteiger partial charge in [-0.3, -0.25) is 4.79 Å². The molecule has 1 aromatic heterocycles. The van der Waals surface area contributed by atoms with Gasteiger partial charge in [0.2, 0.25) is 11.9 Å². The summed E-state index contributed by atoms with van der Waals surface area (Å²) >= 11 is 12.7. The largest absolute Gasteiger partial charge is 0.362 e. The van der Waals surface area contributed by atoms with Crippen LogP contribution in [0.1, 0.15) is 31.2 Å².